The molecule has 1 atom stereocenters. The minimum Gasteiger partial charge on any atom is -0.411 e. The van der Waals surface area contributed by atoms with Crippen LogP contribution >= 0.6 is 23.4 Å². The molecule has 0 saturated heterocycles. The number of carbonyl (C=O) groups excluding carboxylic acids is 1. The second-order valence-corrected chi connectivity index (χ2v) is 7.74. The Morgan fingerprint density at radius 2 is 1.81 bits per heavy atom. The number of nitrogens with zero attached hydrogens (tertiary/aromatic N) is 2. The summed E-state index contributed by atoms with van der Waals surface area (Å²) in [5.41, 5.74) is 4.14. The highest BCUT2D eigenvalue weighted by Crippen LogP contribution is 2.25. The van der Waals surface area contributed by atoms with Crippen LogP contribution in [0.3, 0.4) is 0 Å². The van der Waals surface area contributed by atoms with Crippen molar-refractivity contribution in [1.29, 1.82) is 0 Å². The van der Waals surface area contributed by atoms with E-state index in [4.69, 9.17) is 16.0 Å². The molecule has 0 radical (unpaired) electrons. The maximum absolute atomic E-state index is 12.2. The third-order valence-corrected chi connectivity index (χ3v) is 5.02. The highest BCUT2D eigenvalue weighted by molar-refractivity contribution is 7.99. The number of hydrogen-bond acceptors (Lipinski definition) is 5. The second kappa shape index (κ2) is 8.59. The highest BCUT2D eigenvalue weighted by Gasteiger charge is 2.14. The van der Waals surface area contributed by atoms with Crippen molar-refractivity contribution >= 4 is 29.3 Å². The van der Waals surface area contributed by atoms with Gasteiger partial charge in [-0.05, 0) is 50.6 Å². The van der Waals surface area contributed by atoms with Gasteiger partial charge in [-0.15, -0.1) is 10.2 Å². The molecule has 1 amide bonds. The van der Waals surface area contributed by atoms with Crippen LogP contribution < -0.4 is 5.32 Å². The van der Waals surface area contributed by atoms with Gasteiger partial charge in [-0.2, -0.15) is 0 Å². The largest absolute Gasteiger partial charge is 0.411 e. The van der Waals surface area contributed by atoms with E-state index >= 15 is 0 Å². The molecule has 0 unspecified atom stereocenters. The van der Waals surface area contributed by atoms with E-state index in [9.17, 15) is 4.79 Å². The minimum atomic E-state index is -0.108. The van der Waals surface area contributed by atoms with Crippen LogP contribution in [0, 0.1) is 13.8 Å². The fraction of sp³-hybridized carbons (Fsp3) is 0.250. The Morgan fingerprint density at radius 3 is 2.48 bits per heavy atom. The number of nitrogens with one attached hydrogen (secondary N) is 1. The van der Waals surface area contributed by atoms with E-state index in [0.29, 0.717) is 16.1 Å². The van der Waals surface area contributed by atoms with Gasteiger partial charge in [0.2, 0.25) is 11.8 Å². The monoisotopic (exact) mass is 401 g/mol. The maximum Gasteiger partial charge on any atom is 0.277 e. The van der Waals surface area contributed by atoms with E-state index in [-0.39, 0.29) is 17.7 Å². The molecular formula is C20H20ClN3O2S. The Morgan fingerprint density at radius 1 is 1.15 bits per heavy atom. The molecule has 3 rings (SSSR count). The van der Waals surface area contributed by atoms with Gasteiger partial charge in [0, 0.05) is 10.6 Å². The third-order valence-electron chi connectivity index (χ3n) is 3.95. The third kappa shape index (κ3) is 5.34. The summed E-state index contributed by atoms with van der Waals surface area (Å²) in [6.45, 7) is 5.97. The number of benzene rings is 2. The summed E-state index contributed by atoms with van der Waals surface area (Å²) in [6.07, 6.45) is 0. The van der Waals surface area contributed by atoms with E-state index in [0.717, 1.165) is 22.3 Å². The van der Waals surface area contributed by atoms with Crippen molar-refractivity contribution in [3.63, 3.8) is 0 Å². The molecule has 0 spiro atoms. The first-order chi connectivity index (χ1) is 12.9. The number of aryl methyl sites for hydroxylation is 2. The Bertz CT molecular complexity index is 920. The molecule has 1 aromatic heterocycles. The molecular weight excluding hydrogens is 382 g/mol. The number of hydrogen-bond donors (Lipinski definition) is 1. The summed E-state index contributed by atoms with van der Waals surface area (Å²) in [7, 11) is 0. The van der Waals surface area contributed by atoms with Gasteiger partial charge in [0.15, 0.2) is 0 Å². The van der Waals surface area contributed by atoms with E-state index in [2.05, 4.69) is 21.6 Å². The molecule has 2 aromatic carbocycles. The van der Waals surface area contributed by atoms with Crippen molar-refractivity contribution in [3.05, 3.63) is 64.2 Å². The minimum absolute atomic E-state index is 0.103. The average Bonchev–Trinajstić information content (AvgIpc) is 3.09. The zero-order chi connectivity index (χ0) is 19.4. The van der Waals surface area contributed by atoms with Crippen molar-refractivity contribution < 1.29 is 9.21 Å². The summed E-state index contributed by atoms with van der Waals surface area (Å²) < 4.78 is 5.68. The van der Waals surface area contributed by atoms with Gasteiger partial charge in [-0.25, -0.2) is 0 Å². The maximum atomic E-state index is 12.2. The molecule has 0 saturated carbocycles. The van der Waals surface area contributed by atoms with Gasteiger partial charge in [0.25, 0.3) is 5.22 Å². The lowest BCUT2D eigenvalue weighted by Gasteiger charge is -2.13. The smallest absolute Gasteiger partial charge is 0.277 e. The van der Waals surface area contributed by atoms with Crippen LogP contribution in [0.25, 0.3) is 11.5 Å². The number of thioether (sulfide) groups is 1. The Balaban J connectivity index is 1.56. The zero-order valence-electron chi connectivity index (χ0n) is 15.3. The molecule has 0 aliphatic carbocycles. The van der Waals surface area contributed by atoms with Crippen molar-refractivity contribution in [2.45, 2.75) is 32.0 Å². The summed E-state index contributed by atoms with van der Waals surface area (Å²) in [5.74, 6) is 0.555. The summed E-state index contributed by atoms with van der Waals surface area (Å²) >= 11 is 7.11. The van der Waals surface area contributed by atoms with Gasteiger partial charge in [0.1, 0.15) is 0 Å². The van der Waals surface area contributed by atoms with Crippen LogP contribution in [-0.2, 0) is 4.79 Å². The number of amides is 1. The second-order valence-electron chi connectivity index (χ2n) is 6.38. The Kier molecular flexibility index (Phi) is 6.19. The summed E-state index contributed by atoms with van der Waals surface area (Å²) in [5, 5.41) is 12.1. The van der Waals surface area contributed by atoms with Crippen LogP contribution in [0.2, 0.25) is 5.02 Å². The molecule has 1 heterocycles. The SMILES string of the molecule is Cc1cc(C)cc(-c2nnc(SCC(=O)N[C@H](C)c3ccc(Cl)cc3)o2)c1. The average molecular weight is 402 g/mol. The van der Waals surface area contributed by atoms with Crippen LogP contribution in [-0.4, -0.2) is 21.9 Å². The quantitative estimate of drug-likeness (QED) is 0.590. The molecule has 5 nitrogen and oxygen atoms in total. The number of carbonyl (C=O) groups is 1. The van der Waals surface area contributed by atoms with Crippen molar-refractivity contribution in [2.75, 3.05) is 5.75 Å². The molecule has 140 valence electrons. The van der Waals surface area contributed by atoms with Crippen molar-refractivity contribution in [3.8, 4) is 11.5 Å². The predicted molar refractivity (Wildman–Crippen MR) is 108 cm³/mol. The number of halogens is 1. The van der Waals surface area contributed by atoms with Crippen LogP contribution in [0.5, 0.6) is 0 Å². The number of rotatable bonds is 6. The normalized spacial score (nSPS) is 12.0. The first-order valence-electron chi connectivity index (χ1n) is 8.50. The molecule has 7 heteroatoms. The van der Waals surface area contributed by atoms with Crippen LogP contribution in [0.1, 0.15) is 29.7 Å². The van der Waals surface area contributed by atoms with Crippen molar-refractivity contribution in [2.24, 2.45) is 0 Å². The van der Waals surface area contributed by atoms with Crippen molar-refractivity contribution in [1.82, 2.24) is 15.5 Å². The van der Waals surface area contributed by atoms with E-state index in [1.54, 1.807) is 12.1 Å². The van der Waals surface area contributed by atoms with Gasteiger partial charge >= 0.3 is 0 Å². The van der Waals surface area contributed by atoms with E-state index in [1.165, 1.54) is 11.8 Å². The van der Waals surface area contributed by atoms with E-state index in [1.807, 2.05) is 45.0 Å². The molecule has 1 N–H and O–H groups in total. The lowest BCUT2D eigenvalue weighted by molar-refractivity contribution is -0.119. The number of aromatic nitrogens is 2. The van der Waals surface area contributed by atoms with E-state index < -0.39 is 0 Å². The molecule has 3 aromatic rings. The molecule has 0 aliphatic rings. The molecule has 0 fully saturated rings. The van der Waals surface area contributed by atoms with Crippen LogP contribution in [0.4, 0.5) is 0 Å². The van der Waals surface area contributed by atoms with Gasteiger partial charge in [-0.3, -0.25) is 4.79 Å². The van der Waals surface area contributed by atoms with Gasteiger partial charge in [-0.1, -0.05) is 52.7 Å². The van der Waals surface area contributed by atoms with Crippen LogP contribution in [0.15, 0.2) is 52.1 Å². The molecule has 0 bridgehead atoms. The predicted octanol–water partition coefficient (Wildman–Crippen LogP) is 4.98. The lowest BCUT2D eigenvalue weighted by atomic mass is 10.1. The molecule has 27 heavy (non-hydrogen) atoms. The zero-order valence-corrected chi connectivity index (χ0v) is 16.9. The topological polar surface area (TPSA) is 68.0 Å². The van der Waals surface area contributed by atoms with Gasteiger partial charge in [0.05, 0.1) is 11.8 Å². The Labute approximate surface area is 167 Å². The Hall–Kier alpha value is -2.31. The standard InChI is InChI=1S/C20H20ClN3O2S/c1-12-8-13(2)10-16(9-12)19-23-24-20(26-19)27-11-18(25)22-14(3)15-4-6-17(21)7-5-15/h4-10,14H,11H2,1-3H3,(H,22,25)/t14-/m1/s1. The first-order valence-corrected chi connectivity index (χ1v) is 9.87. The fourth-order valence-electron chi connectivity index (χ4n) is 2.73. The first kappa shape index (κ1) is 19.5. The summed E-state index contributed by atoms with van der Waals surface area (Å²) in [4.78, 5) is 12.2. The lowest BCUT2D eigenvalue weighted by Crippen LogP contribution is -2.28. The molecule has 0 aliphatic heterocycles. The fourth-order valence-corrected chi connectivity index (χ4v) is 3.43. The summed E-state index contributed by atoms with van der Waals surface area (Å²) in [6, 6.07) is 13.4. The van der Waals surface area contributed by atoms with Gasteiger partial charge < -0.3 is 9.73 Å². The highest BCUT2D eigenvalue weighted by atomic mass is 35.5.